The molecule has 25 heavy (non-hydrogen) atoms. The van der Waals surface area contributed by atoms with Crippen LogP contribution < -0.4 is 15.4 Å². The van der Waals surface area contributed by atoms with Crippen molar-refractivity contribution in [1.29, 1.82) is 0 Å². The number of carbonyl (C=O) groups is 2. The van der Waals surface area contributed by atoms with Crippen LogP contribution in [0.25, 0.3) is 0 Å². The summed E-state index contributed by atoms with van der Waals surface area (Å²) in [7, 11) is 0. The zero-order valence-electron chi connectivity index (χ0n) is 14.0. The smallest absolute Gasteiger partial charge is 0.411 e. The Morgan fingerprint density at radius 3 is 2.56 bits per heavy atom. The average molecular weight is 407 g/mol. The zero-order chi connectivity index (χ0) is 18.2. The highest BCUT2D eigenvalue weighted by Gasteiger charge is 2.07. The quantitative estimate of drug-likeness (QED) is 0.747. The molecule has 7 heteroatoms. The summed E-state index contributed by atoms with van der Waals surface area (Å²) in [5.41, 5.74) is 2.25. The van der Waals surface area contributed by atoms with Crippen LogP contribution in [0.5, 0.6) is 5.75 Å². The number of amides is 2. The van der Waals surface area contributed by atoms with Crippen LogP contribution >= 0.6 is 15.9 Å². The Kier molecular flexibility index (Phi) is 6.82. The number of rotatable bonds is 6. The lowest BCUT2D eigenvalue weighted by Gasteiger charge is -2.10. The van der Waals surface area contributed by atoms with Gasteiger partial charge in [-0.25, -0.2) is 4.79 Å². The summed E-state index contributed by atoms with van der Waals surface area (Å²) in [6.45, 7) is 3.82. The third-order valence-corrected chi connectivity index (χ3v) is 4.06. The molecule has 6 nitrogen and oxygen atoms in total. The predicted octanol–water partition coefficient (Wildman–Crippen LogP) is 4.34. The van der Waals surface area contributed by atoms with Gasteiger partial charge in [-0.3, -0.25) is 10.1 Å². The van der Waals surface area contributed by atoms with Crippen molar-refractivity contribution in [3.8, 4) is 5.75 Å². The van der Waals surface area contributed by atoms with Crippen LogP contribution in [-0.4, -0.2) is 25.2 Å². The van der Waals surface area contributed by atoms with Crippen LogP contribution in [0.15, 0.2) is 46.9 Å². The Bertz CT molecular complexity index is 764. The van der Waals surface area contributed by atoms with Gasteiger partial charge in [0.05, 0.1) is 6.61 Å². The summed E-state index contributed by atoms with van der Waals surface area (Å²) in [5.74, 6) is 0.196. The van der Waals surface area contributed by atoms with Crippen LogP contribution in [0.2, 0.25) is 0 Å². The van der Waals surface area contributed by atoms with Crippen molar-refractivity contribution in [3.63, 3.8) is 0 Å². The fourth-order valence-corrected chi connectivity index (χ4v) is 2.26. The molecule has 0 heterocycles. The minimum Gasteiger partial charge on any atom is -0.484 e. The summed E-state index contributed by atoms with van der Waals surface area (Å²) in [5, 5.41) is 5.35. The normalized spacial score (nSPS) is 10.0. The first kappa shape index (κ1) is 18.8. The topological polar surface area (TPSA) is 76.7 Å². The monoisotopic (exact) mass is 406 g/mol. The van der Waals surface area contributed by atoms with E-state index < -0.39 is 6.09 Å². The van der Waals surface area contributed by atoms with Crippen molar-refractivity contribution in [3.05, 3.63) is 52.5 Å². The molecule has 0 unspecified atom stereocenters. The van der Waals surface area contributed by atoms with Crippen LogP contribution in [-0.2, 0) is 9.53 Å². The first-order chi connectivity index (χ1) is 12.0. The number of hydrogen-bond donors (Lipinski definition) is 2. The number of carbonyl (C=O) groups excluding carboxylic acids is 2. The molecule has 0 aliphatic carbocycles. The van der Waals surface area contributed by atoms with E-state index in [1.165, 1.54) is 0 Å². The molecule has 2 N–H and O–H groups in total. The highest BCUT2D eigenvalue weighted by molar-refractivity contribution is 9.10. The van der Waals surface area contributed by atoms with E-state index in [1.54, 1.807) is 37.3 Å². The van der Waals surface area contributed by atoms with Gasteiger partial charge < -0.3 is 14.8 Å². The van der Waals surface area contributed by atoms with Gasteiger partial charge in [0.2, 0.25) is 0 Å². The van der Waals surface area contributed by atoms with Crippen LogP contribution in [0.4, 0.5) is 16.2 Å². The standard InChI is InChI=1S/C18H19BrN2O4/c1-3-24-18(23)21-13-5-4-6-15(10-13)25-11-17(22)20-14-7-8-16(19)12(2)9-14/h4-10H,3,11H2,1-2H3,(H,20,22)(H,21,23). The van der Waals surface area contributed by atoms with Crippen molar-refractivity contribution in [2.24, 2.45) is 0 Å². The summed E-state index contributed by atoms with van der Waals surface area (Å²) in [4.78, 5) is 23.4. The third-order valence-electron chi connectivity index (χ3n) is 3.17. The molecule has 0 bridgehead atoms. The molecule has 0 radical (unpaired) electrons. The van der Waals surface area contributed by atoms with E-state index in [0.29, 0.717) is 17.1 Å². The molecule has 2 aromatic carbocycles. The maximum Gasteiger partial charge on any atom is 0.411 e. The Morgan fingerprint density at radius 2 is 1.84 bits per heavy atom. The molecule has 0 fully saturated rings. The SMILES string of the molecule is CCOC(=O)Nc1cccc(OCC(=O)Nc2ccc(Br)c(C)c2)c1. The summed E-state index contributed by atoms with van der Waals surface area (Å²) < 4.78 is 11.3. The average Bonchev–Trinajstić information content (AvgIpc) is 2.57. The fraction of sp³-hybridized carbons (Fsp3) is 0.222. The summed E-state index contributed by atoms with van der Waals surface area (Å²) >= 11 is 3.41. The molecule has 0 aliphatic heterocycles. The number of benzene rings is 2. The number of anilines is 2. The van der Waals surface area contributed by atoms with Gasteiger partial charge in [0, 0.05) is 21.9 Å². The third kappa shape index (κ3) is 6.11. The molecule has 2 amide bonds. The number of hydrogen-bond acceptors (Lipinski definition) is 4. The van der Waals surface area contributed by atoms with Gasteiger partial charge in [-0.2, -0.15) is 0 Å². The largest absolute Gasteiger partial charge is 0.484 e. The van der Waals surface area contributed by atoms with E-state index in [4.69, 9.17) is 9.47 Å². The van der Waals surface area contributed by atoms with Crippen molar-refractivity contribution in [2.45, 2.75) is 13.8 Å². The second-order valence-electron chi connectivity index (χ2n) is 5.17. The number of halogens is 1. The van der Waals surface area contributed by atoms with Gasteiger partial charge in [-0.15, -0.1) is 0 Å². The van der Waals surface area contributed by atoms with Gasteiger partial charge in [0.15, 0.2) is 6.61 Å². The van der Waals surface area contributed by atoms with E-state index in [1.807, 2.05) is 19.1 Å². The predicted molar refractivity (Wildman–Crippen MR) is 100 cm³/mol. The van der Waals surface area contributed by atoms with Crippen molar-refractivity contribution < 1.29 is 19.1 Å². The maximum atomic E-state index is 12.0. The van der Waals surface area contributed by atoms with Crippen LogP contribution in [0, 0.1) is 6.92 Å². The summed E-state index contributed by atoms with van der Waals surface area (Å²) in [6.07, 6.45) is -0.539. The van der Waals surface area contributed by atoms with E-state index in [2.05, 4.69) is 26.6 Å². The minimum atomic E-state index is -0.539. The lowest BCUT2D eigenvalue weighted by atomic mass is 10.2. The Hall–Kier alpha value is -2.54. The highest BCUT2D eigenvalue weighted by atomic mass is 79.9. The van der Waals surface area contributed by atoms with Crippen molar-refractivity contribution in [2.75, 3.05) is 23.8 Å². The Morgan fingerprint density at radius 1 is 1.08 bits per heavy atom. The molecular weight excluding hydrogens is 388 g/mol. The molecule has 0 saturated heterocycles. The van der Waals surface area contributed by atoms with E-state index >= 15 is 0 Å². The van der Waals surface area contributed by atoms with Gasteiger partial charge in [0.25, 0.3) is 5.91 Å². The number of ether oxygens (including phenoxy) is 2. The van der Waals surface area contributed by atoms with Gasteiger partial charge in [0.1, 0.15) is 5.75 Å². The van der Waals surface area contributed by atoms with E-state index in [-0.39, 0.29) is 19.1 Å². The highest BCUT2D eigenvalue weighted by Crippen LogP contribution is 2.20. The molecule has 132 valence electrons. The maximum absolute atomic E-state index is 12.0. The molecule has 0 aromatic heterocycles. The van der Waals surface area contributed by atoms with E-state index in [0.717, 1.165) is 10.0 Å². The lowest BCUT2D eigenvalue weighted by Crippen LogP contribution is -2.20. The van der Waals surface area contributed by atoms with Crippen molar-refractivity contribution in [1.82, 2.24) is 0 Å². The first-order valence-corrected chi connectivity index (χ1v) is 8.50. The molecule has 0 aliphatic rings. The molecule has 2 aromatic rings. The fourth-order valence-electron chi connectivity index (χ4n) is 2.02. The number of nitrogens with one attached hydrogen (secondary N) is 2. The second kappa shape index (κ2) is 9.08. The molecule has 0 saturated carbocycles. The molecule has 0 spiro atoms. The number of aryl methyl sites for hydroxylation is 1. The molecule has 2 rings (SSSR count). The van der Waals surface area contributed by atoms with Gasteiger partial charge >= 0.3 is 6.09 Å². The Labute approximate surface area is 154 Å². The second-order valence-corrected chi connectivity index (χ2v) is 6.03. The van der Waals surface area contributed by atoms with Gasteiger partial charge in [-0.05, 0) is 49.7 Å². The van der Waals surface area contributed by atoms with Crippen molar-refractivity contribution >= 4 is 39.3 Å². The minimum absolute atomic E-state index is 0.141. The first-order valence-electron chi connectivity index (χ1n) is 7.70. The van der Waals surface area contributed by atoms with Crippen LogP contribution in [0.3, 0.4) is 0 Å². The van der Waals surface area contributed by atoms with Crippen LogP contribution in [0.1, 0.15) is 12.5 Å². The lowest BCUT2D eigenvalue weighted by molar-refractivity contribution is -0.118. The van der Waals surface area contributed by atoms with E-state index in [9.17, 15) is 9.59 Å². The molecule has 0 atom stereocenters. The summed E-state index contributed by atoms with van der Waals surface area (Å²) in [6, 6.07) is 12.3. The molecular formula is C18H19BrN2O4. The zero-order valence-corrected chi connectivity index (χ0v) is 15.6. The Balaban J connectivity index is 1.88. The van der Waals surface area contributed by atoms with Gasteiger partial charge in [-0.1, -0.05) is 22.0 Å².